The quantitative estimate of drug-likeness (QED) is 0.756. The third-order valence-electron chi connectivity index (χ3n) is 4.34. The Morgan fingerprint density at radius 2 is 1.78 bits per heavy atom. The number of amides is 1. The maximum absolute atomic E-state index is 12.3. The van der Waals surface area contributed by atoms with Gasteiger partial charge in [0.15, 0.2) is 0 Å². The maximum Gasteiger partial charge on any atom is 0.267 e. The van der Waals surface area contributed by atoms with Gasteiger partial charge in [-0.1, -0.05) is 6.07 Å². The largest absolute Gasteiger partial charge is 0.497 e. The van der Waals surface area contributed by atoms with Gasteiger partial charge in [-0.3, -0.25) is 9.59 Å². The van der Waals surface area contributed by atoms with Crippen molar-refractivity contribution in [3.05, 3.63) is 76.1 Å². The van der Waals surface area contributed by atoms with Crippen LogP contribution in [0.25, 0.3) is 11.3 Å². The van der Waals surface area contributed by atoms with E-state index in [-0.39, 0.29) is 18.0 Å². The molecular weight excluding hydrogens is 342 g/mol. The lowest BCUT2D eigenvalue weighted by molar-refractivity contribution is -0.117. The van der Waals surface area contributed by atoms with Crippen molar-refractivity contribution in [1.29, 1.82) is 0 Å². The number of nitrogens with one attached hydrogen (secondary N) is 1. The lowest BCUT2D eigenvalue weighted by Crippen LogP contribution is -2.29. The van der Waals surface area contributed by atoms with Crippen LogP contribution in [0.4, 0.5) is 5.69 Å². The first-order chi connectivity index (χ1) is 13.0. The third-order valence-corrected chi connectivity index (χ3v) is 4.34. The zero-order valence-electron chi connectivity index (χ0n) is 15.5. The number of nitrogens with zero attached hydrogens (tertiary/aromatic N) is 2. The molecule has 2 aromatic carbocycles. The lowest BCUT2D eigenvalue weighted by atomic mass is 10.1. The molecule has 6 heteroatoms. The van der Waals surface area contributed by atoms with E-state index in [1.807, 2.05) is 56.3 Å². The van der Waals surface area contributed by atoms with E-state index < -0.39 is 0 Å². The monoisotopic (exact) mass is 363 g/mol. The highest BCUT2D eigenvalue weighted by molar-refractivity contribution is 5.90. The summed E-state index contributed by atoms with van der Waals surface area (Å²) in [6.07, 6.45) is 0. The van der Waals surface area contributed by atoms with E-state index in [1.54, 1.807) is 13.2 Å². The van der Waals surface area contributed by atoms with Crippen molar-refractivity contribution in [2.75, 3.05) is 12.4 Å². The van der Waals surface area contributed by atoms with E-state index in [2.05, 4.69) is 10.4 Å². The fourth-order valence-corrected chi connectivity index (χ4v) is 2.63. The van der Waals surface area contributed by atoms with E-state index >= 15 is 0 Å². The highest BCUT2D eigenvalue weighted by atomic mass is 16.5. The zero-order chi connectivity index (χ0) is 19.4. The summed E-state index contributed by atoms with van der Waals surface area (Å²) < 4.78 is 6.31. The second-order valence-corrected chi connectivity index (χ2v) is 6.29. The van der Waals surface area contributed by atoms with Gasteiger partial charge >= 0.3 is 0 Å². The van der Waals surface area contributed by atoms with Gasteiger partial charge < -0.3 is 10.1 Å². The first-order valence-corrected chi connectivity index (χ1v) is 8.56. The summed E-state index contributed by atoms with van der Waals surface area (Å²) in [4.78, 5) is 24.4. The van der Waals surface area contributed by atoms with Gasteiger partial charge in [-0.2, -0.15) is 5.10 Å². The van der Waals surface area contributed by atoms with E-state index in [9.17, 15) is 9.59 Å². The van der Waals surface area contributed by atoms with Crippen LogP contribution in [0.1, 0.15) is 11.1 Å². The number of aromatic nitrogens is 2. The fraction of sp³-hybridized carbons (Fsp3) is 0.190. The molecule has 1 aromatic heterocycles. The summed E-state index contributed by atoms with van der Waals surface area (Å²) in [7, 11) is 1.60. The van der Waals surface area contributed by atoms with Gasteiger partial charge in [0.25, 0.3) is 5.56 Å². The molecule has 0 bridgehead atoms. The molecule has 0 aliphatic heterocycles. The minimum atomic E-state index is -0.331. The summed E-state index contributed by atoms with van der Waals surface area (Å²) >= 11 is 0. The van der Waals surface area contributed by atoms with Crippen LogP contribution >= 0.6 is 0 Å². The molecule has 0 radical (unpaired) electrons. The predicted molar refractivity (Wildman–Crippen MR) is 105 cm³/mol. The van der Waals surface area contributed by atoms with Crippen molar-refractivity contribution in [3.8, 4) is 17.0 Å². The lowest BCUT2D eigenvalue weighted by Gasteiger charge is -2.10. The molecule has 0 atom stereocenters. The molecule has 27 heavy (non-hydrogen) atoms. The standard InChI is InChI=1S/C21H21N3O3/c1-14-4-7-17(12-15(14)2)22-20(25)13-24-21(26)11-10-19(23-24)16-5-8-18(27-3)9-6-16/h4-12H,13H2,1-3H3,(H,22,25). The second kappa shape index (κ2) is 7.86. The van der Waals surface area contributed by atoms with Gasteiger partial charge in [0, 0.05) is 17.3 Å². The molecule has 0 aliphatic carbocycles. The van der Waals surface area contributed by atoms with Crippen LogP contribution in [0, 0.1) is 13.8 Å². The fourth-order valence-electron chi connectivity index (χ4n) is 2.63. The van der Waals surface area contributed by atoms with Gasteiger partial charge in [-0.15, -0.1) is 0 Å². The molecule has 3 rings (SSSR count). The molecule has 0 fully saturated rings. The molecule has 0 spiro atoms. The molecule has 0 saturated carbocycles. The first kappa shape index (κ1) is 18.4. The van der Waals surface area contributed by atoms with E-state index in [0.717, 1.165) is 27.1 Å². The first-order valence-electron chi connectivity index (χ1n) is 8.56. The van der Waals surface area contributed by atoms with Crippen LogP contribution < -0.4 is 15.6 Å². The Hall–Kier alpha value is -3.41. The van der Waals surface area contributed by atoms with Crippen molar-refractivity contribution >= 4 is 11.6 Å². The van der Waals surface area contributed by atoms with Crippen molar-refractivity contribution in [1.82, 2.24) is 9.78 Å². The number of carbonyl (C=O) groups excluding carboxylic acids is 1. The van der Waals surface area contributed by atoms with E-state index in [0.29, 0.717) is 11.4 Å². The van der Waals surface area contributed by atoms with Crippen LogP contribution in [0.5, 0.6) is 5.75 Å². The number of hydrogen-bond acceptors (Lipinski definition) is 4. The number of ether oxygens (including phenoxy) is 1. The SMILES string of the molecule is COc1ccc(-c2ccc(=O)n(CC(=O)Nc3ccc(C)c(C)c3)n2)cc1. The smallest absolute Gasteiger partial charge is 0.267 e. The van der Waals surface area contributed by atoms with Crippen LogP contribution in [0.3, 0.4) is 0 Å². The number of aryl methyl sites for hydroxylation is 2. The number of methoxy groups -OCH3 is 1. The van der Waals surface area contributed by atoms with E-state index in [1.165, 1.54) is 6.07 Å². The molecule has 1 amide bonds. The third kappa shape index (κ3) is 4.41. The van der Waals surface area contributed by atoms with Crippen LogP contribution in [0.2, 0.25) is 0 Å². The van der Waals surface area contributed by atoms with Gasteiger partial charge in [-0.25, -0.2) is 4.68 Å². The molecule has 138 valence electrons. The van der Waals surface area contributed by atoms with Gasteiger partial charge in [0.2, 0.25) is 5.91 Å². The minimum Gasteiger partial charge on any atom is -0.497 e. The average molecular weight is 363 g/mol. The maximum atomic E-state index is 12.3. The molecule has 3 aromatic rings. The van der Waals surface area contributed by atoms with Crippen LogP contribution in [-0.2, 0) is 11.3 Å². The van der Waals surface area contributed by atoms with Gasteiger partial charge in [-0.05, 0) is 67.4 Å². The number of benzene rings is 2. The van der Waals surface area contributed by atoms with Crippen LogP contribution in [-0.4, -0.2) is 22.8 Å². The van der Waals surface area contributed by atoms with Crippen molar-refractivity contribution < 1.29 is 9.53 Å². The Labute approximate surface area is 157 Å². The number of rotatable bonds is 5. The average Bonchev–Trinajstić information content (AvgIpc) is 2.66. The van der Waals surface area contributed by atoms with Crippen molar-refractivity contribution in [2.24, 2.45) is 0 Å². The minimum absolute atomic E-state index is 0.157. The second-order valence-electron chi connectivity index (χ2n) is 6.29. The number of anilines is 1. The Morgan fingerprint density at radius 3 is 2.44 bits per heavy atom. The molecule has 6 nitrogen and oxygen atoms in total. The highest BCUT2D eigenvalue weighted by Crippen LogP contribution is 2.19. The van der Waals surface area contributed by atoms with Crippen molar-refractivity contribution in [3.63, 3.8) is 0 Å². The molecule has 1 heterocycles. The Morgan fingerprint density at radius 1 is 1.04 bits per heavy atom. The zero-order valence-corrected chi connectivity index (χ0v) is 15.5. The molecular formula is C21H21N3O3. The molecule has 0 saturated heterocycles. The summed E-state index contributed by atoms with van der Waals surface area (Å²) in [6.45, 7) is 3.83. The number of hydrogen-bond donors (Lipinski definition) is 1. The normalized spacial score (nSPS) is 10.5. The summed E-state index contributed by atoms with van der Waals surface area (Å²) in [5.74, 6) is 0.430. The summed E-state index contributed by atoms with van der Waals surface area (Å²) in [6, 6.07) is 16.1. The van der Waals surface area contributed by atoms with Gasteiger partial charge in [0.05, 0.1) is 12.8 Å². The Kier molecular flexibility index (Phi) is 5.35. The van der Waals surface area contributed by atoms with Gasteiger partial charge in [0.1, 0.15) is 12.3 Å². The number of carbonyl (C=O) groups is 1. The van der Waals surface area contributed by atoms with Crippen LogP contribution in [0.15, 0.2) is 59.4 Å². The topological polar surface area (TPSA) is 73.2 Å². The molecule has 1 N–H and O–H groups in total. The predicted octanol–water partition coefficient (Wildman–Crippen LogP) is 3.17. The summed E-state index contributed by atoms with van der Waals surface area (Å²) in [5.41, 5.74) is 4.04. The highest BCUT2D eigenvalue weighted by Gasteiger charge is 2.09. The molecule has 0 unspecified atom stereocenters. The summed E-state index contributed by atoms with van der Waals surface area (Å²) in [5, 5.41) is 7.12. The van der Waals surface area contributed by atoms with Crippen molar-refractivity contribution in [2.45, 2.75) is 20.4 Å². The molecule has 0 aliphatic rings. The van der Waals surface area contributed by atoms with E-state index in [4.69, 9.17) is 4.74 Å². The Balaban J connectivity index is 1.78. The Bertz CT molecular complexity index is 1020.